The van der Waals surface area contributed by atoms with Crippen molar-refractivity contribution in [3.05, 3.63) is 69.5 Å². The van der Waals surface area contributed by atoms with Crippen molar-refractivity contribution in [3.63, 3.8) is 0 Å². The number of ether oxygens (including phenoxy) is 3. The molecule has 1 aliphatic rings. The van der Waals surface area contributed by atoms with E-state index in [0.29, 0.717) is 52.9 Å². The number of nitrogens with two attached hydrogens (primary N) is 1. The third kappa shape index (κ3) is 8.84. The highest BCUT2D eigenvalue weighted by Gasteiger charge is 2.39. The number of carboxylic acids is 2. The number of allylic oxidation sites excluding steroid dienone is 1. The molecule has 1 atom stereocenters. The predicted molar refractivity (Wildman–Crippen MR) is 130 cm³/mol. The molecule has 1 heterocycles. The van der Waals surface area contributed by atoms with Gasteiger partial charge in [-0.2, -0.15) is 0 Å². The molecule has 0 aliphatic carbocycles. The van der Waals surface area contributed by atoms with E-state index in [0.717, 1.165) is 0 Å². The first-order valence-electron chi connectivity index (χ1n) is 10.7. The smallest absolute Gasteiger partial charge is 0.336 e. The molecule has 2 rings (SSSR count). The summed E-state index contributed by atoms with van der Waals surface area (Å²) in [6.07, 6.45) is 1.12. The third-order valence-corrected chi connectivity index (χ3v) is 4.98. The van der Waals surface area contributed by atoms with Crippen LogP contribution in [0.5, 0.6) is 0 Å². The molecule has 0 saturated carbocycles. The summed E-state index contributed by atoms with van der Waals surface area (Å²) in [5.41, 5.74) is 7.70. The molecule has 0 amide bonds. The van der Waals surface area contributed by atoms with Gasteiger partial charge in [0.15, 0.2) is 0 Å². The first-order chi connectivity index (χ1) is 17.1. The van der Waals surface area contributed by atoms with E-state index in [4.69, 9.17) is 41.8 Å². The van der Waals surface area contributed by atoms with Gasteiger partial charge in [-0.05, 0) is 25.5 Å². The van der Waals surface area contributed by atoms with Gasteiger partial charge in [0.05, 0.1) is 49.7 Å². The molecule has 1 aliphatic heterocycles. The average molecular weight is 525 g/mol. The Bertz CT molecular complexity index is 1050. The van der Waals surface area contributed by atoms with Crippen molar-refractivity contribution in [2.45, 2.75) is 19.8 Å². The summed E-state index contributed by atoms with van der Waals surface area (Å²) in [5, 5.41) is 19.1. The number of nitrogens with one attached hydrogen (secondary N) is 1. The second-order valence-electron chi connectivity index (χ2n) is 7.07. The molecule has 0 bridgehead atoms. The Morgan fingerprint density at radius 2 is 1.69 bits per heavy atom. The fraction of sp³-hybridized carbons (Fsp3) is 0.333. The van der Waals surface area contributed by atoms with Crippen LogP contribution in [0.15, 0.2) is 59.0 Å². The predicted octanol–water partition coefficient (Wildman–Crippen LogP) is 1.98. The first-order valence-corrected chi connectivity index (χ1v) is 11.1. The monoisotopic (exact) mass is 524 g/mol. The van der Waals surface area contributed by atoms with Crippen molar-refractivity contribution >= 4 is 35.5 Å². The average Bonchev–Trinajstić information content (AvgIpc) is 2.83. The van der Waals surface area contributed by atoms with Crippen LogP contribution in [0.4, 0.5) is 0 Å². The largest absolute Gasteiger partial charge is 0.478 e. The van der Waals surface area contributed by atoms with Gasteiger partial charge in [-0.25, -0.2) is 19.2 Å². The van der Waals surface area contributed by atoms with E-state index in [9.17, 15) is 19.2 Å². The van der Waals surface area contributed by atoms with Crippen LogP contribution >= 0.6 is 11.6 Å². The quantitative estimate of drug-likeness (QED) is 0.200. The number of dihydropyridines is 1. The summed E-state index contributed by atoms with van der Waals surface area (Å²) < 4.78 is 15.8. The van der Waals surface area contributed by atoms with Crippen molar-refractivity contribution in [1.29, 1.82) is 0 Å². The topological polar surface area (TPSA) is 174 Å². The highest BCUT2D eigenvalue weighted by Crippen LogP contribution is 2.41. The van der Waals surface area contributed by atoms with E-state index in [1.807, 2.05) is 0 Å². The van der Waals surface area contributed by atoms with Gasteiger partial charge in [-0.1, -0.05) is 29.8 Å². The van der Waals surface area contributed by atoms with Crippen LogP contribution in [0, 0.1) is 0 Å². The number of hydrogen-bond donors (Lipinski definition) is 4. The Kier molecular flexibility index (Phi) is 12.9. The maximum Gasteiger partial charge on any atom is 0.336 e. The molecule has 196 valence electrons. The number of carbonyl (C=O) groups is 4. The van der Waals surface area contributed by atoms with Gasteiger partial charge < -0.3 is 35.5 Å². The standard InChI is InChI=1S/C20H25ClN2O5.C4H4O4/c1-4-28-20(25)18-15(11-27-10-9-22)23-12(2)16(19(24)26-3)17(18)13-7-5-6-8-14(13)21;5-3(6)1-2-4(7)8/h5-8,17,23H,4,9-11,22H2,1-3H3;1-2H,(H,5,6)(H,7,8)/t17-;/m1./s1. The Morgan fingerprint density at radius 1 is 1.08 bits per heavy atom. The van der Waals surface area contributed by atoms with Gasteiger partial charge in [0.1, 0.15) is 0 Å². The van der Waals surface area contributed by atoms with E-state index in [2.05, 4.69) is 5.32 Å². The van der Waals surface area contributed by atoms with Gasteiger partial charge in [-0.3, -0.25) is 0 Å². The Balaban J connectivity index is 0.000000697. The highest BCUT2D eigenvalue weighted by molar-refractivity contribution is 6.31. The molecule has 11 nitrogen and oxygen atoms in total. The number of aliphatic carboxylic acids is 2. The lowest BCUT2D eigenvalue weighted by Crippen LogP contribution is -2.35. The second kappa shape index (κ2) is 15.4. The third-order valence-electron chi connectivity index (χ3n) is 4.64. The number of carboxylic acid groups (broad SMARTS) is 2. The number of hydrogen-bond acceptors (Lipinski definition) is 9. The summed E-state index contributed by atoms with van der Waals surface area (Å²) in [5.74, 6) is -4.38. The zero-order chi connectivity index (χ0) is 27.3. The van der Waals surface area contributed by atoms with Crippen LogP contribution in [0.25, 0.3) is 0 Å². The van der Waals surface area contributed by atoms with Crippen LogP contribution in [-0.4, -0.2) is 67.6 Å². The normalized spacial score (nSPS) is 15.1. The molecular formula is C24H29ClN2O9. The zero-order valence-electron chi connectivity index (χ0n) is 20.1. The summed E-state index contributed by atoms with van der Waals surface area (Å²) >= 11 is 6.42. The van der Waals surface area contributed by atoms with Crippen molar-refractivity contribution < 1.29 is 43.6 Å². The van der Waals surface area contributed by atoms with Gasteiger partial charge in [-0.15, -0.1) is 0 Å². The Morgan fingerprint density at radius 3 is 2.19 bits per heavy atom. The van der Waals surface area contributed by atoms with Crippen LogP contribution in [0.1, 0.15) is 25.3 Å². The number of methoxy groups -OCH3 is 1. The van der Waals surface area contributed by atoms with E-state index >= 15 is 0 Å². The molecule has 0 saturated heterocycles. The number of benzene rings is 1. The van der Waals surface area contributed by atoms with Gasteiger partial charge in [0, 0.05) is 29.4 Å². The maximum absolute atomic E-state index is 12.9. The molecule has 0 radical (unpaired) electrons. The lowest BCUT2D eigenvalue weighted by atomic mass is 9.80. The minimum Gasteiger partial charge on any atom is -0.478 e. The number of carbonyl (C=O) groups excluding carboxylic acids is 2. The fourth-order valence-corrected chi connectivity index (χ4v) is 3.51. The molecule has 5 N–H and O–H groups in total. The van der Waals surface area contributed by atoms with Crippen molar-refractivity contribution in [1.82, 2.24) is 5.32 Å². The SMILES string of the molecule is CCOC(=O)C1=C(COCCN)NC(C)=C(C(=O)OC)[C@H]1c1ccccc1Cl.O=C(O)C=CC(=O)O. The first kappa shape index (κ1) is 30.4. The van der Waals surface area contributed by atoms with Crippen LogP contribution in [-0.2, 0) is 33.4 Å². The highest BCUT2D eigenvalue weighted by atomic mass is 35.5. The summed E-state index contributed by atoms with van der Waals surface area (Å²) in [7, 11) is 1.29. The van der Waals surface area contributed by atoms with E-state index < -0.39 is 29.8 Å². The van der Waals surface area contributed by atoms with Crippen LogP contribution < -0.4 is 11.1 Å². The Labute approximate surface area is 213 Å². The molecular weight excluding hydrogens is 496 g/mol. The number of halogens is 1. The summed E-state index contributed by atoms with van der Waals surface area (Å²) in [6.45, 7) is 4.42. The number of esters is 2. The molecule has 12 heteroatoms. The van der Waals surface area contributed by atoms with Crippen molar-refractivity contribution in [2.75, 3.05) is 33.5 Å². The molecule has 1 aromatic rings. The second-order valence-corrected chi connectivity index (χ2v) is 7.48. The van der Waals surface area contributed by atoms with Gasteiger partial charge >= 0.3 is 23.9 Å². The zero-order valence-corrected chi connectivity index (χ0v) is 20.8. The molecule has 0 spiro atoms. The Hall–Kier alpha value is -3.67. The molecule has 0 unspecified atom stereocenters. The molecule has 0 fully saturated rings. The van der Waals surface area contributed by atoms with E-state index in [-0.39, 0.29) is 18.8 Å². The minimum absolute atomic E-state index is 0.109. The lowest BCUT2D eigenvalue weighted by Gasteiger charge is -2.31. The van der Waals surface area contributed by atoms with Crippen molar-refractivity contribution in [3.8, 4) is 0 Å². The molecule has 36 heavy (non-hydrogen) atoms. The molecule has 1 aromatic carbocycles. The van der Waals surface area contributed by atoms with E-state index in [1.54, 1.807) is 38.1 Å². The summed E-state index contributed by atoms with van der Waals surface area (Å²) in [6, 6.07) is 7.05. The number of rotatable bonds is 10. The fourth-order valence-electron chi connectivity index (χ4n) is 3.26. The lowest BCUT2D eigenvalue weighted by molar-refractivity contribution is -0.139. The van der Waals surface area contributed by atoms with Crippen molar-refractivity contribution in [2.24, 2.45) is 5.73 Å². The minimum atomic E-state index is -1.26. The maximum atomic E-state index is 12.9. The van der Waals surface area contributed by atoms with Gasteiger partial charge in [0.25, 0.3) is 0 Å². The van der Waals surface area contributed by atoms with Crippen LogP contribution in [0.2, 0.25) is 5.02 Å². The van der Waals surface area contributed by atoms with Crippen LogP contribution in [0.3, 0.4) is 0 Å². The van der Waals surface area contributed by atoms with E-state index in [1.165, 1.54) is 7.11 Å². The molecule has 0 aromatic heterocycles. The van der Waals surface area contributed by atoms with Gasteiger partial charge in [0.2, 0.25) is 0 Å². The summed E-state index contributed by atoms with van der Waals surface area (Å²) in [4.78, 5) is 44.6.